The van der Waals surface area contributed by atoms with E-state index in [1.807, 2.05) is 13.8 Å². The summed E-state index contributed by atoms with van der Waals surface area (Å²) in [7, 11) is 0. The molecule has 0 aliphatic heterocycles. The summed E-state index contributed by atoms with van der Waals surface area (Å²) in [6.45, 7) is 5.46. The van der Waals surface area contributed by atoms with Gasteiger partial charge in [-0.25, -0.2) is 4.39 Å². The highest BCUT2D eigenvalue weighted by atomic mass is 35.5. The zero-order valence-corrected chi connectivity index (χ0v) is 11.4. The summed E-state index contributed by atoms with van der Waals surface area (Å²) < 4.78 is 12.8. The Morgan fingerprint density at radius 3 is 2.72 bits per heavy atom. The van der Waals surface area contributed by atoms with E-state index in [1.165, 1.54) is 12.1 Å². The second-order valence-electron chi connectivity index (χ2n) is 4.36. The number of rotatable bonds is 6. The average Bonchev–Trinajstić information content (AvgIpc) is 2.30. The average molecular weight is 273 g/mol. The highest BCUT2D eigenvalue weighted by Crippen LogP contribution is 2.16. The molecule has 100 valence electrons. The largest absolute Gasteiger partial charge is 0.355 e. The molecule has 3 nitrogen and oxygen atoms in total. The first-order valence-electron chi connectivity index (χ1n) is 5.93. The quantitative estimate of drug-likeness (QED) is 0.781. The minimum Gasteiger partial charge on any atom is -0.355 e. The third-order valence-corrected chi connectivity index (χ3v) is 2.81. The highest BCUT2D eigenvalue weighted by molar-refractivity contribution is 6.31. The molecule has 5 heteroatoms. The number of benzene rings is 1. The van der Waals surface area contributed by atoms with Crippen LogP contribution in [0.25, 0.3) is 0 Å². The van der Waals surface area contributed by atoms with E-state index in [1.54, 1.807) is 6.07 Å². The van der Waals surface area contributed by atoms with Gasteiger partial charge in [-0.15, -0.1) is 0 Å². The van der Waals surface area contributed by atoms with E-state index in [9.17, 15) is 9.18 Å². The lowest BCUT2D eigenvalue weighted by atomic mass is 10.2. The number of carbonyl (C=O) groups excluding carboxylic acids is 1. The Labute approximate surface area is 112 Å². The molecule has 18 heavy (non-hydrogen) atoms. The van der Waals surface area contributed by atoms with E-state index < -0.39 is 0 Å². The van der Waals surface area contributed by atoms with Gasteiger partial charge in [-0.3, -0.25) is 4.79 Å². The summed E-state index contributed by atoms with van der Waals surface area (Å²) in [5, 5.41) is 6.34. The van der Waals surface area contributed by atoms with Gasteiger partial charge in [-0.05, 0) is 17.7 Å². The predicted molar refractivity (Wildman–Crippen MR) is 71.0 cm³/mol. The van der Waals surface area contributed by atoms with Crippen LogP contribution in [0.3, 0.4) is 0 Å². The van der Waals surface area contributed by atoms with Crippen molar-refractivity contribution in [3.8, 4) is 0 Å². The van der Waals surface area contributed by atoms with Crippen molar-refractivity contribution < 1.29 is 9.18 Å². The molecule has 0 heterocycles. The lowest BCUT2D eigenvalue weighted by Gasteiger charge is -2.09. The molecule has 0 radical (unpaired) electrons. The van der Waals surface area contributed by atoms with E-state index in [0.29, 0.717) is 24.7 Å². The van der Waals surface area contributed by atoms with Crippen LogP contribution in [0.2, 0.25) is 5.02 Å². The van der Waals surface area contributed by atoms with Crippen molar-refractivity contribution in [1.29, 1.82) is 0 Å². The van der Waals surface area contributed by atoms with E-state index >= 15 is 0 Å². The topological polar surface area (TPSA) is 41.1 Å². The Morgan fingerprint density at radius 1 is 1.39 bits per heavy atom. The van der Waals surface area contributed by atoms with Crippen LogP contribution >= 0.6 is 11.6 Å². The van der Waals surface area contributed by atoms with Crippen LogP contribution in [-0.4, -0.2) is 19.0 Å². The zero-order valence-electron chi connectivity index (χ0n) is 10.6. The van der Waals surface area contributed by atoms with Crippen LogP contribution < -0.4 is 10.6 Å². The third-order valence-electron chi connectivity index (χ3n) is 2.46. The lowest BCUT2D eigenvalue weighted by molar-refractivity contribution is -0.123. The summed E-state index contributed by atoms with van der Waals surface area (Å²) in [6, 6.07) is 4.32. The summed E-state index contributed by atoms with van der Waals surface area (Å²) in [5.41, 5.74) is 0.841. The van der Waals surface area contributed by atoms with Gasteiger partial charge < -0.3 is 10.6 Å². The van der Waals surface area contributed by atoms with Gasteiger partial charge in [0, 0.05) is 30.6 Å². The maximum absolute atomic E-state index is 12.8. The smallest absolute Gasteiger partial charge is 0.222 e. The molecule has 1 aromatic rings. The van der Waals surface area contributed by atoms with Gasteiger partial charge in [0.2, 0.25) is 5.91 Å². The van der Waals surface area contributed by atoms with Crippen molar-refractivity contribution in [3.05, 3.63) is 34.6 Å². The van der Waals surface area contributed by atoms with Crippen molar-refractivity contribution in [1.82, 2.24) is 10.6 Å². The number of halogens is 2. The van der Waals surface area contributed by atoms with Gasteiger partial charge in [-0.1, -0.05) is 31.5 Å². The highest BCUT2D eigenvalue weighted by Gasteiger charge is 2.05. The van der Waals surface area contributed by atoms with Gasteiger partial charge >= 0.3 is 0 Å². The number of hydrogen-bond acceptors (Lipinski definition) is 2. The van der Waals surface area contributed by atoms with Crippen LogP contribution in [0.15, 0.2) is 18.2 Å². The van der Waals surface area contributed by atoms with Gasteiger partial charge in [0.1, 0.15) is 5.82 Å². The summed E-state index contributed by atoms with van der Waals surface area (Å²) >= 11 is 5.88. The Kier molecular flexibility index (Phi) is 6.09. The van der Waals surface area contributed by atoms with Crippen LogP contribution in [0.1, 0.15) is 19.4 Å². The summed E-state index contributed by atoms with van der Waals surface area (Å²) in [5.74, 6) is -0.305. The molecule has 0 spiro atoms. The molecule has 1 rings (SSSR count). The lowest BCUT2D eigenvalue weighted by Crippen LogP contribution is -2.34. The number of carbonyl (C=O) groups is 1. The molecule has 0 atom stereocenters. The predicted octanol–water partition coefficient (Wildman–Crippen LogP) is 2.34. The molecule has 1 amide bonds. The molecule has 0 aliphatic rings. The molecule has 2 N–H and O–H groups in total. The maximum atomic E-state index is 12.8. The molecule has 0 aliphatic carbocycles. The maximum Gasteiger partial charge on any atom is 0.222 e. The fraction of sp³-hybridized carbons (Fsp3) is 0.462. The third kappa shape index (κ3) is 5.02. The Morgan fingerprint density at radius 2 is 2.11 bits per heavy atom. The van der Waals surface area contributed by atoms with Gasteiger partial charge in [0.05, 0.1) is 0 Å². The molecule has 0 saturated heterocycles. The fourth-order valence-electron chi connectivity index (χ4n) is 1.37. The molecule has 0 fully saturated rings. The second-order valence-corrected chi connectivity index (χ2v) is 4.77. The van der Waals surface area contributed by atoms with Gasteiger partial charge in [0.25, 0.3) is 0 Å². The summed E-state index contributed by atoms with van der Waals surface area (Å²) in [4.78, 5) is 11.3. The standard InChI is InChI=1S/C13H18ClFN2O/c1-9(2)13(18)17-6-5-16-8-10-3-4-11(15)7-12(10)14/h3-4,7,9,16H,5-6,8H2,1-2H3,(H,17,18). The van der Waals surface area contributed by atoms with Crippen molar-refractivity contribution in [2.45, 2.75) is 20.4 Å². The van der Waals surface area contributed by atoms with Gasteiger partial charge in [0.15, 0.2) is 0 Å². The Bertz CT molecular complexity index is 410. The first kappa shape index (κ1) is 14.9. The van der Waals surface area contributed by atoms with E-state index in [2.05, 4.69) is 10.6 Å². The number of amides is 1. The fourth-order valence-corrected chi connectivity index (χ4v) is 1.60. The van der Waals surface area contributed by atoms with Crippen molar-refractivity contribution in [3.63, 3.8) is 0 Å². The first-order valence-corrected chi connectivity index (χ1v) is 6.31. The molecule has 0 unspecified atom stereocenters. The van der Waals surface area contributed by atoms with E-state index in [-0.39, 0.29) is 17.6 Å². The molecule has 0 bridgehead atoms. The second kappa shape index (κ2) is 7.34. The van der Waals surface area contributed by atoms with Crippen molar-refractivity contribution in [2.24, 2.45) is 5.92 Å². The Hall–Kier alpha value is -1.13. The zero-order chi connectivity index (χ0) is 13.5. The van der Waals surface area contributed by atoms with Crippen LogP contribution in [0, 0.1) is 11.7 Å². The van der Waals surface area contributed by atoms with Crippen LogP contribution in [0.5, 0.6) is 0 Å². The molecule has 0 aromatic heterocycles. The molecule has 1 aromatic carbocycles. The minimum absolute atomic E-state index is 0.00320. The van der Waals surface area contributed by atoms with Crippen molar-refractivity contribution in [2.75, 3.05) is 13.1 Å². The van der Waals surface area contributed by atoms with Gasteiger partial charge in [-0.2, -0.15) is 0 Å². The van der Waals surface area contributed by atoms with Crippen LogP contribution in [-0.2, 0) is 11.3 Å². The molecular formula is C13H18ClFN2O. The normalized spacial score (nSPS) is 10.7. The monoisotopic (exact) mass is 272 g/mol. The molecular weight excluding hydrogens is 255 g/mol. The molecule has 0 saturated carbocycles. The SMILES string of the molecule is CC(C)C(=O)NCCNCc1ccc(F)cc1Cl. The van der Waals surface area contributed by atoms with Crippen molar-refractivity contribution >= 4 is 17.5 Å². The number of nitrogens with one attached hydrogen (secondary N) is 2. The van der Waals surface area contributed by atoms with Crippen LogP contribution in [0.4, 0.5) is 4.39 Å². The van der Waals surface area contributed by atoms with E-state index in [0.717, 1.165) is 5.56 Å². The summed E-state index contributed by atoms with van der Waals surface area (Å²) in [6.07, 6.45) is 0. The Balaban J connectivity index is 2.24. The van der Waals surface area contributed by atoms with E-state index in [4.69, 9.17) is 11.6 Å². The minimum atomic E-state index is -0.340. The number of hydrogen-bond donors (Lipinski definition) is 2. The first-order chi connectivity index (χ1) is 8.50.